The zero-order valence-electron chi connectivity index (χ0n) is 15.8. The Morgan fingerprint density at radius 1 is 1.26 bits per heavy atom. The van der Waals surface area contributed by atoms with Crippen LogP contribution in [0.25, 0.3) is 0 Å². The lowest BCUT2D eigenvalue weighted by Crippen LogP contribution is -2.30. The molecule has 0 bridgehead atoms. The van der Waals surface area contributed by atoms with Crippen molar-refractivity contribution in [2.75, 3.05) is 13.1 Å². The van der Waals surface area contributed by atoms with Crippen LogP contribution in [0.15, 0.2) is 36.7 Å². The van der Waals surface area contributed by atoms with Crippen LogP contribution in [-0.2, 0) is 11.4 Å². The molecule has 2 aromatic rings. The van der Waals surface area contributed by atoms with Crippen LogP contribution in [0.2, 0.25) is 0 Å². The smallest absolute Gasteiger partial charge is 0.308 e. The third-order valence-electron chi connectivity index (χ3n) is 5.03. The molecule has 142 valence electrons. The van der Waals surface area contributed by atoms with E-state index in [0.29, 0.717) is 18.7 Å². The van der Waals surface area contributed by atoms with Crippen molar-refractivity contribution in [3.05, 3.63) is 58.9 Å². The fraction of sp³-hybridized carbons (Fsp3) is 0.381. The summed E-state index contributed by atoms with van der Waals surface area (Å²) in [6, 6.07) is 7.43. The predicted molar refractivity (Wildman–Crippen MR) is 101 cm³/mol. The third-order valence-corrected chi connectivity index (χ3v) is 5.03. The average molecular weight is 368 g/mol. The molecule has 6 nitrogen and oxygen atoms in total. The Kier molecular flexibility index (Phi) is 5.44. The van der Waals surface area contributed by atoms with E-state index in [1.165, 1.54) is 0 Å². The quantitative estimate of drug-likeness (QED) is 0.877. The second-order valence-electron chi connectivity index (χ2n) is 7.22. The molecule has 3 rings (SSSR count). The van der Waals surface area contributed by atoms with Gasteiger partial charge < -0.3 is 14.7 Å². The molecule has 1 N–H and O–H groups in total. The van der Waals surface area contributed by atoms with Crippen LogP contribution in [0.5, 0.6) is 5.75 Å². The van der Waals surface area contributed by atoms with Crippen molar-refractivity contribution in [3.8, 4) is 5.75 Å². The maximum Gasteiger partial charge on any atom is 0.308 e. The van der Waals surface area contributed by atoms with Crippen LogP contribution < -0.4 is 4.74 Å². The van der Waals surface area contributed by atoms with E-state index in [0.717, 1.165) is 22.4 Å². The monoisotopic (exact) mass is 368 g/mol. The zero-order chi connectivity index (χ0) is 19.6. The molecule has 0 spiro atoms. The van der Waals surface area contributed by atoms with E-state index in [4.69, 9.17) is 4.74 Å². The molecular formula is C21H24N2O4. The van der Waals surface area contributed by atoms with Gasteiger partial charge >= 0.3 is 5.97 Å². The first-order valence-electron chi connectivity index (χ1n) is 9.02. The largest absolute Gasteiger partial charge is 0.488 e. The van der Waals surface area contributed by atoms with Crippen LogP contribution in [-0.4, -0.2) is 40.0 Å². The molecular weight excluding hydrogens is 344 g/mol. The molecule has 1 aliphatic rings. The van der Waals surface area contributed by atoms with Crippen LogP contribution >= 0.6 is 0 Å². The molecule has 2 atom stereocenters. The van der Waals surface area contributed by atoms with Gasteiger partial charge in [0, 0.05) is 36.6 Å². The van der Waals surface area contributed by atoms with Crippen molar-refractivity contribution in [1.29, 1.82) is 0 Å². The van der Waals surface area contributed by atoms with E-state index in [-0.39, 0.29) is 18.4 Å². The second kappa shape index (κ2) is 7.78. The lowest BCUT2D eigenvalue weighted by Gasteiger charge is -2.18. The Morgan fingerprint density at radius 2 is 1.96 bits per heavy atom. The summed E-state index contributed by atoms with van der Waals surface area (Å²) < 4.78 is 5.94. The number of carbonyl (C=O) groups excluding carboxylic acids is 1. The molecule has 0 unspecified atom stereocenters. The van der Waals surface area contributed by atoms with E-state index in [9.17, 15) is 14.7 Å². The Bertz CT molecular complexity index is 828. The molecule has 1 aromatic heterocycles. The summed E-state index contributed by atoms with van der Waals surface area (Å²) in [4.78, 5) is 29.8. The number of likely N-dealkylation sites (tertiary alicyclic amines) is 1. The fourth-order valence-corrected chi connectivity index (χ4v) is 3.58. The number of carbonyl (C=O) groups is 2. The van der Waals surface area contributed by atoms with Crippen molar-refractivity contribution in [2.45, 2.75) is 27.4 Å². The van der Waals surface area contributed by atoms with E-state index >= 15 is 0 Å². The summed E-state index contributed by atoms with van der Waals surface area (Å²) in [6.45, 7) is 6.83. The minimum absolute atomic E-state index is 0.0456. The predicted octanol–water partition coefficient (Wildman–Crippen LogP) is 3.07. The maximum absolute atomic E-state index is 12.8. The van der Waals surface area contributed by atoms with E-state index in [1.54, 1.807) is 17.3 Å². The summed E-state index contributed by atoms with van der Waals surface area (Å²) >= 11 is 0. The molecule has 27 heavy (non-hydrogen) atoms. The molecule has 1 fully saturated rings. The van der Waals surface area contributed by atoms with Gasteiger partial charge in [0.25, 0.3) is 5.91 Å². The number of pyridine rings is 1. The van der Waals surface area contributed by atoms with Gasteiger partial charge in [0.05, 0.1) is 5.92 Å². The minimum Gasteiger partial charge on any atom is -0.488 e. The fourth-order valence-electron chi connectivity index (χ4n) is 3.58. The van der Waals surface area contributed by atoms with Gasteiger partial charge in [0.2, 0.25) is 0 Å². The first-order chi connectivity index (χ1) is 12.9. The Labute approximate surface area is 158 Å². The highest BCUT2D eigenvalue weighted by molar-refractivity contribution is 5.95. The number of aliphatic carboxylic acids is 1. The SMILES string of the molecule is Cc1cc(C(=O)N2C[C@@H](C)[C@H](C(=O)O)C2)cc(C)c1OCc1cccnc1. The van der Waals surface area contributed by atoms with Gasteiger partial charge in [-0.3, -0.25) is 14.6 Å². The number of aryl methyl sites for hydroxylation is 2. The molecule has 1 aliphatic heterocycles. The number of benzene rings is 1. The molecule has 1 saturated heterocycles. The molecule has 6 heteroatoms. The first-order valence-corrected chi connectivity index (χ1v) is 9.02. The first kappa shape index (κ1) is 18.9. The van der Waals surface area contributed by atoms with E-state index in [2.05, 4.69) is 4.98 Å². The summed E-state index contributed by atoms with van der Waals surface area (Å²) in [5.74, 6) is -0.762. The summed E-state index contributed by atoms with van der Waals surface area (Å²) in [7, 11) is 0. The summed E-state index contributed by atoms with van der Waals surface area (Å²) in [6.07, 6.45) is 3.48. The Morgan fingerprint density at radius 3 is 2.52 bits per heavy atom. The second-order valence-corrected chi connectivity index (χ2v) is 7.22. The number of aromatic nitrogens is 1. The van der Waals surface area contributed by atoms with Crippen LogP contribution in [0.3, 0.4) is 0 Å². The lowest BCUT2D eigenvalue weighted by atomic mass is 9.99. The summed E-state index contributed by atoms with van der Waals surface area (Å²) in [5, 5.41) is 9.27. The average Bonchev–Trinajstić information content (AvgIpc) is 3.03. The molecule has 1 aromatic carbocycles. The number of carboxylic acids is 1. The molecule has 2 heterocycles. The van der Waals surface area contributed by atoms with Gasteiger partial charge in [-0.15, -0.1) is 0 Å². The zero-order valence-corrected chi connectivity index (χ0v) is 15.8. The normalized spacial score (nSPS) is 19.1. The van der Waals surface area contributed by atoms with Crippen molar-refractivity contribution in [3.63, 3.8) is 0 Å². The van der Waals surface area contributed by atoms with Gasteiger partial charge in [0.1, 0.15) is 12.4 Å². The highest BCUT2D eigenvalue weighted by atomic mass is 16.5. The number of hydrogen-bond donors (Lipinski definition) is 1. The summed E-state index contributed by atoms with van der Waals surface area (Å²) in [5.41, 5.74) is 3.30. The van der Waals surface area contributed by atoms with Crippen LogP contribution in [0.4, 0.5) is 0 Å². The topological polar surface area (TPSA) is 79.7 Å². The molecule has 0 aliphatic carbocycles. The van der Waals surface area contributed by atoms with Gasteiger partial charge in [-0.2, -0.15) is 0 Å². The van der Waals surface area contributed by atoms with Gasteiger partial charge in [-0.1, -0.05) is 13.0 Å². The standard InChI is InChI=1S/C21H24N2O4/c1-13-7-17(20(24)23-10-15(3)18(11-23)21(25)26)8-14(2)19(13)27-12-16-5-4-6-22-9-16/h4-9,15,18H,10-12H2,1-3H3,(H,25,26)/t15-,18-/m1/s1. The Balaban J connectivity index is 1.74. The van der Waals surface area contributed by atoms with Crippen molar-refractivity contribution in [2.24, 2.45) is 11.8 Å². The maximum atomic E-state index is 12.8. The van der Waals surface area contributed by atoms with E-state index in [1.807, 2.05) is 45.0 Å². The number of ether oxygens (including phenoxy) is 1. The van der Waals surface area contributed by atoms with Crippen LogP contribution in [0.1, 0.15) is 34.0 Å². The molecule has 0 saturated carbocycles. The third kappa shape index (κ3) is 4.10. The number of carboxylic acid groups (broad SMARTS) is 1. The highest BCUT2D eigenvalue weighted by Crippen LogP contribution is 2.29. The molecule has 0 radical (unpaired) electrons. The minimum atomic E-state index is -0.843. The van der Waals surface area contributed by atoms with Crippen LogP contribution in [0, 0.1) is 25.7 Å². The van der Waals surface area contributed by atoms with Crippen molar-refractivity contribution >= 4 is 11.9 Å². The van der Waals surface area contributed by atoms with E-state index < -0.39 is 11.9 Å². The molecule has 1 amide bonds. The van der Waals surface area contributed by atoms with Crippen molar-refractivity contribution in [1.82, 2.24) is 9.88 Å². The number of rotatable bonds is 5. The number of amides is 1. The van der Waals surface area contributed by atoms with Gasteiger partial charge in [-0.25, -0.2) is 0 Å². The number of hydrogen-bond acceptors (Lipinski definition) is 4. The van der Waals surface area contributed by atoms with Crippen molar-refractivity contribution < 1.29 is 19.4 Å². The highest BCUT2D eigenvalue weighted by Gasteiger charge is 2.37. The van der Waals surface area contributed by atoms with Gasteiger partial charge in [0.15, 0.2) is 0 Å². The Hall–Kier alpha value is -2.89. The van der Waals surface area contributed by atoms with Gasteiger partial charge in [-0.05, 0) is 49.1 Å². The number of nitrogens with zero attached hydrogens (tertiary/aromatic N) is 2. The lowest BCUT2D eigenvalue weighted by molar-refractivity contribution is -0.142.